The quantitative estimate of drug-likeness (QED) is 0.625. The lowest BCUT2D eigenvalue weighted by Crippen LogP contribution is -2.28. The van der Waals surface area contributed by atoms with Crippen LogP contribution in [-0.4, -0.2) is 29.5 Å². The summed E-state index contributed by atoms with van der Waals surface area (Å²) in [6.07, 6.45) is 1.15. The van der Waals surface area contributed by atoms with Crippen LogP contribution in [0.4, 0.5) is 4.39 Å². The molecule has 0 aromatic heterocycles. The van der Waals surface area contributed by atoms with Crippen LogP contribution in [0.25, 0.3) is 6.08 Å². The number of carbonyl (C=O) groups is 1. The number of ether oxygens (including phenoxy) is 1. The molecule has 1 aliphatic rings. The van der Waals surface area contributed by atoms with E-state index in [1.165, 1.54) is 6.08 Å². The van der Waals surface area contributed by atoms with E-state index in [1.807, 2.05) is 30.3 Å². The summed E-state index contributed by atoms with van der Waals surface area (Å²) in [5.74, 6) is -1.95. The molecule has 2 rings (SSSR count). The number of nitrogens with zero attached hydrogens (tertiary/aromatic N) is 1. The first-order valence-electron chi connectivity index (χ1n) is 6.18. The minimum atomic E-state index is -1.90. The molecule has 0 fully saturated rings. The average molecular weight is 279 g/mol. The maximum Gasteiger partial charge on any atom is 0.405 e. The van der Waals surface area contributed by atoms with E-state index < -0.39 is 18.2 Å². The molecule has 1 heterocycles. The van der Waals surface area contributed by atoms with Gasteiger partial charge in [-0.05, 0) is 12.5 Å². The molecule has 5 nitrogen and oxygen atoms in total. The molecule has 0 spiro atoms. The van der Waals surface area contributed by atoms with Gasteiger partial charge in [-0.15, -0.1) is 0 Å². The Hall–Kier alpha value is -2.37. The lowest BCUT2D eigenvalue weighted by molar-refractivity contribution is -0.747. The van der Waals surface area contributed by atoms with E-state index in [9.17, 15) is 14.4 Å². The summed E-state index contributed by atoms with van der Waals surface area (Å²) in [6, 6.07) is 9.14. The zero-order valence-electron chi connectivity index (χ0n) is 10.9. The number of carbonyl (C=O) groups excluding carboxylic acids is 1. The number of halogens is 1. The third-order valence-electron chi connectivity index (χ3n) is 2.77. The Bertz CT molecular complexity index is 541. The van der Waals surface area contributed by atoms with Crippen molar-refractivity contribution in [2.24, 2.45) is 5.92 Å². The second-order valence-corrected chi connectivity index (χ2v) is 4.11. The van der Waals surface area contributed by atoms with Crippen LogP contribution in [0.2, 0.25) is 0 Å². The Morgan fingerprint density at radius 3 is 2.85 bits per heavy atom. The Balaban J connectivity index is 2.20. The van der Waals surface area contributed by atoms with Crippen molar-refractivity contribution in [3.05, 3.63) is 47.2 Å². The molecule has 0 N–H and O–H groups in total. The molecule has 0 bridgehead atoms. The summed E-state index contributed by atoms with van der Waals surface area (Å²) >= 11 is 0. The second-order valence-electron chi connectivity index (χ2n) is 4.11. The Morgan fingerprint density at radius 1 is 1.50 bits per heavy atom. The second kappa shape index (κ2) is 6.18. The van der Waals surface area contributed by atoms with Crippen molar-refractivity contribution in [2.75, 3.05) is 6.61 Å². The highest BCUT2D eigenvalue weighted by molar-refractivity contribution is 6.35. The van der Waals surface area contributed by atoms with E-state index in [0.29, 0.717) is 0 Å². The van der Waals surface area contributed by atoms with Crippen LogP contribution in [0.5, 0.6) is 0 Å². The van der Waals surface area contributed by atoms with Crippen LogP contribution in [0, 0.1) is 11.1 Å². The number of hydrogen-bond acceptors (Lipinski definition) is 4. The Kier molecular flexibility index (Phi) is 4.34. The maximum atomic E-state index is 13.6. The molecule has 0 saturated heterocycles. The first-order chi connectivity index (χ1) is 9.63. The van der Waals surface area contributed by atoms with Crippen LogP contribution < -0.4 is 0 Å². The molecule has 0 amide bonds. The van der Waals surface area contributed by atoms with Gasteiger partial charge in [0.2, 0.25) is 6.36 Å². The van der Waals surface area contributed by atoms with Crippen molar-refractivity contribution >= 4 is 17.8 Å². The summed E-state index contributed by atoms with van der Waals surface area (Å²) in [7, 11) is 0. The summed E-state index contributed by atoms with van der Waals surface area (Å²) in [5, 5.41) is 11.4. The van der Waals surface area contributed by atoms with Crippen molar-refractivity contribution in [3.8, 4) is 0 Å². The molecule has 106 valence electrons. The predicted molar refractivity (Wildman–Crippen MR) is 70.2 cm³/mol. The van der Waals surface area contributed by atoms with E-state index in [1.54, 1.807) is 13.0 Å². The fraction of sp³-hybridized carbons (Fsp3) is 0.286. The van der Waals surface area contributed by atoms with Gasteiger partial charge in [-0.3, -0.25) is 5.21 Å². The number of alkyl halides is 1. The monoisotopic (exact) mass is 279 g/mol. The van der Waals surface area contributed by atoms with Gasteiger partial charge in [-0.1, -0.05) is 42.5 Å². The highest BCUT2D eigenvalue weighted by atomic mass is 19.1. The van der Waals surface area contributed by atoms with Gasteiger partial charge in [-0.2, -0.15) is 0 Å². The summed E-state index contributed by atoms with van der Waals surface area (Å²) in [5.41, 5.74) is 0.443. The molecule has 0 saturated carbocycles. The van der Waals surface area contributed by atoms with Crippen molar-refractivity contribution in [2.45, 2.75) is 13.3 Å². The number of esters is 1. The van der Waals surface area contributed by atoms with E-state index in [-0.39, 0.29) is 17.2 Å². The molecule has 2 unspecified atom stereocenters. The Morgan fingerprint density at radius 2 is 2.20 bits per heavy atom. The molecule has 2 atom stereocenters. The molecule has 1 aromatic rings. The van der Waals surface area contributed by atoms with Crippen molar-refractivity contribution in [3.63, 3.8) is 0 Å². The SMILES string of the molecule is CCOC(=O)C1=[N+]([O-])OC(F)C1/C=C/c1ccccc1. The lowest BCUT2D eigenvalue weighted by atomic mass is 10.0. The van der Waals surface area contributed by atoms with Crippen LogP contribution >= 0.6 is 0 Å². The van der Waals surface area contributed by atoms with Gasteiger partial charge < -0.3 is 9.57 Å². The minimum absolute atomic E-state index is 0.0994. The lowest BCUT2D eigenvalue weighted by Gasteiger charge is -2.06. The zero-order chi connectivity index (χ0) is 14.5. The number of benzene rings is 1. The molecule has 1 aliphatic heterocycles. The third kappa shape index (κ3) is 2.96. The van der Waals surface area contributed by atoms with Gasteiger partial charge in [0.1, 0.15) is 5.92 Å². The fourth-order valence-corrected chi connectivity index (χ4v) is 1.83. The first kappa shape index (κ1) is 14.0. The standard InChI is InChI=1S/C14H14FNO4/c1-2-19-14(17)12-11(13(15)20-16(12)18)9-8-10-6-4-3-5-7-10/h3-9,11,13H,2H2,1H3/b9-8+. The molecular weight excluding hydrogens is 265 g/mol. The van der Waals surface area contributed by atoms with E-state index in [0.717, 1.165) is 5.56 Å². The van der Waals surface area contributed by atoms with Gasteiger partial charge in [0.25, 0.3) is 0 Å². The van der Waals surface area contributed by atoms with Gasteiger partial charge >= 0.3 is 11.7 Å². The van der Waals surface area contributed by atoms with Crippen LogP contribution in [0.1, 0.15) is 12.5 Å². The fourth-order valence-electron chi connectivity index (χ4n) is 1.83. The van der Waals surface area contributed by atoms with Gasteiger partial charge in [0.15, 0.2) is 0 Å². The van der Waals surface area contributed by atoms with Gasteiger partial charge in [0.05, 0.1) is 11.5 Å². The van der Waals surface area contributed by atoms with Crippen LogP contribution in [-0.2, 0) is 14.4 Å². The maximum absolute atomic E-state index is 13.6. The predicted octanol–water partition coefficient (Wildman–Crippen LogP) is 2.07. The van der Waals surface area contributed by atoms with Crippen LogP contribution in [0.3, 0.4) is 0 Å². The zero-order valence-corrected chi connectivity index (χ0v) is 10.9. The molecule has 0 radical (unpaired) electrons. The van der Waals surface area contributed by atoms with E-state index in [4.69, 9.17) is 4.74 Å². The molecule has 0 aliphatic carbocycles. The first-order valence-corrected chi connectivity index (χ1v) is 6.18. The normalized spacial score (nSPS) is 22.1. The highest BCUT2D eigenvalue weighted by Gasteiger charge is 2.44. The summed E-state index contributed by atoms with van der Waals surface area (Å²) < 4.78 is 18.4. The molecular formula is C14H14FNO4. The number of hydrogen-bond donors (Lipinski definition) is 0. The van der Waals surface area contributed by atoms with Crippen molar-refractivity contribution < 1.29 is 23.7 Å². The molecule has 1 aromatic carbocycles. The Labute approximate surface area is 115 Å². The van der Waals surface area contributed by atoms with Crippen molar-refractivity contribution in [1.29, 1.82) is 0 Å². The summed E-state index contributed by atoms with van der Waals surface area (Å²) in [6.45, 7) is 1.70. The third-order valence-corrected chi connectivity index (χ3v) is 2.77. The molecule has 6 heteroatoms. The average Bonchev–Trinajstić information content (AvgIpc) is 2.72. The van der Waals surface area contributed by atoms with Crippen LogP contribution in [0.15, 0.2) is 36.4 Å². The summed E-state index contributed by atoms with van der Waals surface area (Å²) in [4.78, 5) is 15.9. The van der Waals surface area contributed by atoms with E-state index >= 15 is 0 Å². The van der Waals surface area contributed by atoms with Gasteiger partial charge in [0, 0.05) is 0 Å². The van der Waals surface area contributed by atoms with E-state index in [2.05, 4.69) is 4.84 Å². The van der Waals surface area contributed by atoms with Crippen molar-refractivity contribution in [1.82, 2.24) is 0 Å². The van der Waals surface area contributed by atoms with Gasteiger partial charge in [-0.25, -0.2) is 9.18 Å². The minimum Gasteiger partial charge on any atom is -0.458 e. The number of rotatable bonds is 4. The highest BCUT2D eigenvalue weighted by Crippen LogP contribution is 2.22. The topological polar surface area (TPSA) is 61.6 Å². The molecule has 20 heavy (non-hydrogen) atoms. The largest absolute Gasteiger partial charge is 0.458 e. The smallest absolute Gasteiger partial charge is 0.405 e.